The van der Waals surface area contributed by atoms with Crippen LogP contribution in [0.15, 0.2) is 78.9 Å². The minimum atomic E-state index is -4.64. The molecule has 0 aliphatic rings. The van der Waals surface area contributed by atoms with E-state index in [-0.39, 0.29) is 11.3 Å². The van der Waals surface area contributed by atoms with Crippen molar-refractivity contribution >= 4 is 23.2 Å². The van der Waals surface area contributed by atoms with Crippen LogP contribution in [0.3, 0.4) is 0 Å². The van der Waals surface area contributed by atoms with Crippen molar-refractivity contribution in [1.82, 2.24) is 9.78 Å². The molecule has 0 spiro atoms. The molecule has 0 N–H and O–H groups in total. The van der Waals surface area contributed by atoms with E-state index >= 15 is 0 Å². The van der Waals surface area contributed by atoms with E-state index in [0.717, 1.165) is 4.68 Å². The zero-order chi connectivity index (χ0) is 20.6. The molecule has 0 atom stereocenters. The highest BCUT2D eigenvalue weighted by atomic mass is 35.5. The second-order valence-electron chi connectivity index (χ2n) is 6.33. The van der Waals surface area contributed by atoms with Crippen LogP contribution in [-0.4, -0.2) is 9.78 Å². The number of hydrogen-bond acceptors (Lipinski definition) is 1. The van der Waals surface area contributed by atoms with Gasteiger partial charge in [0.05, 0.1) is 5.69 Å². The van der Waals surface area contributed by atoms with Crippen LogP contribution in [0.4, 0.5) is 13.2 Å². The Morgan fingerprint density at radius 2 is 1.21 bits per heavy atom. The Balaban J connectivity index is 2.08. The molecule has 0 saturated heterocycles. The lowest BCUT2D eigenvalue weighted by atomic mass is 9.98. The van der Waals surface area contributed by atoms with Crippen molar-refractivity contribution in [2.24, 2.45) is 0 Å². The summed E-state index contributed by atoms with van der Waals surface area (Å²) < 4.78 is 43.7. The van der Waals surface area contributed by atoms with E-state index in [9.17, 15) is 13.2 Å². The molecule has 0 saturated carbocycles. The first-order chi connectivity index (χ1) is 13.8. The highest BCUT2D eigenvalue weighted by Gasteiger charge is 2.41. The van der Waals surface area contributed by atoms with Crippen molar-refractivity contribution in [2.75, 3.05) is 0 Å². The smallest absolute Gasteiger partial charge is 0.227 e. The third kappa shape index (κ3) is 3.88. The Hall–Kier alpha value is -2.76. The van der Waals surface area contributed by atoms with Crippen molar-refractivity contribution in [1.29, 1.82) is 0 Å². The third-order valence-electron chi connectivity index (χ3n) is 4.41. The van der Waals surface area contributed by atoms with Gasteiger partial charge in [-0.25, -0.2) is 4.68 Å². The summed E-state index contributed by atoms with van der Waals surface area (Å²) in [6.07, 6.45) is -4.64. The number of hydrogen-bond donors (Lipinski definition) is 0. The molecule has 4 rings (SSSR count). The second-order valence-corrected chi connectivity index (χ2v) is 7.20. The van der Waals surface area contributed by atoms with Gasteiger partial charge in [0.25, 0.3) is 0 Å². The lowest BCUT2D eigenvalue weighted by Crippen LogP contribution is -2.14. The Bertz CT molecular complexity index is 1130. The van der Waals surface area contributed by atoms with Crippen molar-refractivity contribution in [3.63, 3.8) is 0 Å². The average molecular weight is 433 g/mol. The van der Waals surface area contributed by atoms with Crippen molar-refractivity contribution < 1.29 is 13.2 Å². The highest BCUT2D eigenvalue weighted by Crippen LogP contribution is 2.44. The molecule has 0 aliphatic carbocycles. The fourth-order valence-corrected chi connectivity index (χ4v) is 3.39. The maximum Gasteiger partial charge on any atom is 0.434 e. The summed E-state index contributed by atoms with van der Waals surface area (Å²) in [5.41, 5.74) is 0.556. The van der Waals surface area contributed by atoms with Gasteiger partial charge >= 0.3 is 6.18 Å². The van der Waals surface area contributed by atoms with Gasteiger partial charge in [-0.05, 0) is 42.0 Å². The summed E-state index contributed by atoms with van der Waals surface area (Å²) in [6.45, 7) is 0. The lowest BCUT2D eigenvalue weighted by Gasteiger charge is -2.13. The Morgan fingerprint density at radius 1 is 0.690 bits per heavy atom. The quantitative estimate of drug-likeness (QED) is 0.327. The van der Waals surface area contributed by atoms with Crippen LogP contribution in [0.2, 0.25) is 10.0 Å². The normalized spacial score (nSPS) is 11.6. The molecule has 0 fully saturated rings. The van der Waals surface area contributed by atoms with Gasteiger partial charge in [-0.3, -0.25) is 0 Å². The second kappa shape index (κ2) is 7.58. The van der Waals surface area contributed by atoms with E-state index in [4.69, 9.17) is 23.2 Å². The van der Waals surface area contributed by atoms with Gasteiger partial charge < -0.3 is 0 Å². The zero-order valence-electron chi connectivity index (χ0n) is 14.8. The van der Waals surface area contributed by atoms with Gasteiger partial charge in [-0.1, -0.05) is 65.7 Å². The Kier molecular flexibility index (Phi) is 5.11. The molecule has 1 heterocycles. The maximum absolute atomic E-state index is 14.2. The van der Waals surface area contributed by atoms with E-state index in [0.29, 0.717) is 26.9 Å². The van der Waals surface area contributed by atoms with Gasteiger partial charge in [0.1, 0.15) is 5.69 Å². The number of aromatic nitrogens is 2. The Morgan fingerprint density at radius 3 is 1.72 bits per heavy atom. The van der Waals surface area contributed by atoms with Gasteiger partial charge in [-0.2, -0.15) is 18.3 Å². The summed E-state index contributed by atoms with van der Waals surface area (Å²) in [6, 6.07) is 21.0. The summed E-state index contributed by atoms with van der Waals surface area (Å²) in [7, 11) is 0. The number of benzene rings is 3. The molecule has 2 nitrogen and oxygen atoms in total. The van der Waals surface area contributed by atoms with Crippen molar-refractivity contribution in [3.8, 4) is 28.1 Å². The summed E-state index contributed by atoms with van der Waals surface area (Å²) in [5, 5.41) is 5.29. The van der Waals surface area contributed by atoms with Crippen LogP contribution in [0.25, 0.3) is 28.1 Å². The predicted molar refractivity (Wildman–Crippen MR) is 109 cm³/mol. The number of rotatable bonds is 3. The summed E-state index contributed by atoms with van der Waals surface area (Å²) in [4.78, 5) is 0. The van der Waals surface area contributed by atoms with E-state index < -0.39 is 11.9 Å². The van der Waals surface area contributed by atoms with Gasteiger partial charge in [0.15, 0.2) is 5.69 Å². The maximum atomic E-state index is 14.2. The zero-order valence-corrected chi connectivity index (χ0v) is 16.3. The third-order valence-corrected chi connectivity index (χ3v) is 4.91. The lowest BCUT2D eigenvalue weighted by molar-refractivity contribution is -0.142. The first-order valence-electron chi connectivity index (χ1n) is 8.62. The molecule has 0 amide bonds. The van der Waals surface area contributed by atoms with Crippen LogP contribution in [0, 0.1) is 0 Å². The van der Waals surface area contributed by atoms with E-state index in [1.165, 1.54) is 0 Å². The van der Waals surface area contributed by atoms with Crippen LogP contribution in [0.5, 0.6) is 0 Å². The number of alkyl halides is 3. The SMILES string of the molecule is FC(F)(F)c1c(-c2ccc(Cl)cc2)c(-c2ccc(Cl)cc2)nn1-c1ccccc1. The molecule has 0 bridgehead atoms. The standard InChI is InChI=1S/C22H13Cl2F3N2/c23-16-10-6-14(7-11-16)19-20(15-8-12-17(24)13-9-15)28-29(21(19)22(25,26)27)18-4-2-1-3-5-18/h1-13H. The average Bonchev–Trinajstić information content (AvgIpc) is 3.11. The minimum Gasteiger partial charge on any atom is -0.227 e. The molecular formula is C22H13Cl2F3N2. The first kappa shape index (κ1) is 19.6. The van der Waals surface area contributed by atoms with Gasteiger partial charge in [-0.15, -0.1) is 0 Å². The molecular weight excluding hydrogens is 420 g/mol. The van der Waals surface area contributed by atoms with Crippen molar-refractivity contribution in [2.45, 2.75) is 6.18 Å². The van der Waals surface area contributed by atoms with E-state index in [2.05, 4.69) is 5.10 Å². The minimum absolute atomic E-state index is 0.0136. The first-order valence-corrected chi connectivity index (χ1v) is 9.38. The van der Waals surface area contributed by atoms with Crippen LogP contribution >= 0.6 is 23.2 Å². The topological polar surface area (TPSA) is 17.8 Å². The van der Waals surface area contributed by atoms with Gasteiger partial charge in [0.2, 0.25) is 0 Å². The van der Waals surface area contributed by atoms with Crippen LogP contribution in [-0.2, 0) is 6.18 Å². The van der Waals surface area contributed by atoms with Gasteiger partial charge in [0, 0.05) is 21.2 Å². The van der Waals surface area contributed by atoms with E-state index in [1.807, 2.05) is 0 Å². The molecule has 0 unspecified atom stereocenters. The molecule has 3 aromatic carbocycles. The summed E-state index contributed by atoms with van der Waals surface area (Å²) in [5.74, 6) is 0. The molecule has 0 aliphatic heterocycles. The molecule has 7 heteroatoms. The molecule has 4 aromatic rings. The Labute approximate surface area is 175 Å². The molecule has 29 heavy (non-hydrogen) atoms. The molecule has 1 aromatic heterocycles. The number of halogens is 5. The fourth-order valence-electron chi connectivity index (χ4n) is 3.14. The predicted octanol–water partition coefficient (Wildman–Crippen LogP) is 7.53. The number of para-hydroxylation sites is 1. The monoisotopic (exact) mass is 432 g/mol. The largest absolute Gasteiger partial charge is 0.434 e. The highest BCUT2D eigenvalue weighted by molar-refractivity contribution is 6.31. The van der Waals surface area contributed by atoms with Crippen LogP contribution < -0.4 is 0 Å². The number of nitrogens with zero attached hydrogens (tertiary/aromatic N) is 2. The molecule has 0 radical (unpaired) electrons. The van der Waals surface area contributed by atoms with Crippen molar-refractivity contribution in [3.05, 3.63) is 94.6 Å². The van der Waals surface area contributed by atoms with E-state index in [1.54, 1.807) is 78.9 Å². The summed E-state index contributed by atoms with van der Waals surface area (Å²) >= 11 is 11.9. The molecule has 146 valence electrons. The van der Waals surface area contributed by atoms with Crippen LogP contribution in [0.1, 0.15) is 5.69 Å². The fraction of sp³-hybridized carbons (Fsp3) is 0.0455.